The van der Waals surface area contributed by atoms with Crippen molar-refractivity contribution in [1.29, 1.82) is 0 Å². The Hall–Kier alpha value is -3.01. The van der Waals surface area contributed by atoms with Crippen LogP contribution in [0, 0.1) is 0 Å². The first-order valence-electron chi connectivity index (χ1n) is 7.30. The minimum atomic E-state index is 0.674. The Bertz CT molecular complexity index is 816. The third-order valence-electron chi connectivity index (χ3n) is 3.44. The summed E-state index contributed by atoms with van der Waals surface area (Å²) < 4.78 is 0. The van der Waals surface area contributed by atoms with Crippen LogP contribution in [-0.2, 0) is 0 Å². The number of nitrogens with zero attached hydrogens (tertiary/aromatic N) is 1. The van der Waals surface area contributed by atoms with Crippen molar-refractivity contribution in [3.63, 3.8) is 0 Å². The number of anilines is 4. The van der Waals surface area contributed by atoms with E-state index < -0.39 is 0 Å². The first-order chi connectivity index (χ1) is 11.3. The molecule has 2 radical (unpaired) electrons. The largest absolute Gasteiger partial charge is 0.354 e. The lowest BCUT2D eigenvalue weighted by molar-refractivity contribution is 1.48. The quantitative estimate of drug-likeness (QED) is 0.544. The van der Waals surface area contributed by atoms with Gasteiger partial charge in [-0.2, -0.15) is 0 Å². The number of para-hydroxylation sites is 3. The highest BCUT2D eigenvalue weighted by atomic mass is 15.0. The van der Waals surface area contributed by atoms with Gasteiger partial charge in [0.05, 0.1) is 22.7 Å². The molecule has 0 aliphatic rings. The van der Waals surface area contributed by atoms with E-state index in [2.05, 4.69) is 22.3 Å². The van der Waals surface area contributed by atoms with Gasteiger partial charge in [0.1, 0.15) is 7.85 Å². The average molecular weight is 297 g/mol. The van der Waals surface area contributed by atoms with Gasteiger partial charge in [-0.1, -0.05) is 41.9 Å². The van der Waals surface area contributed by atoms with E-state index in [0.717, 1.165) is 28.4 Å². The summed E-state index contributed by atoms with van der Waals surface area (Å²) in [6.07, 6.45) is 0. The summed E-state index contributed by atoms with van der Waals surface area (Å²) in [5, 5.41) is 6.78. The molecular weight excluding hydrogens is 281 g/mol. The zero-order valence-electron chi connectivity index (χ0n) is 12.7. The van der Waals surface area contributed by atoms with E-state index in [-0.39, 0.29) is 0 Å². The van der Waals surface area contributed by atoms with E-state index in [1.54, 1.807) is 0 Å². The van der Waals surface area contributed by atoms with Crippen molar-refractivity contribution in [3.8, 4) is 0 Å². The van der Waals surface area contributed by atoms with Crippen molar-refractivity contribution in [2.24, 2.45) is 4.99 Å². The Balaban J connectivity index is 1.92. The summed E-state index contributed by atoms with van der Waals surface area (Å²) in [7, 11) is 5.88. The maximum absolute atomic E-state index is 5.88. The molecule has 0 bridgehead atoms. The van der Waals surface area contributed by atoms with Gasteiger partial charge in [-0.15, -0.1) is 0 Å². The molecular formula is C19H16BN3. The SMILES string of the molecule is [B]c1ccc(N=C)c(Nc2ccccc2Nc2ccccc2)c1. The molecule has 0 aliphatic heterocycles. The van der Waals surface area contributed by atoms with E-state index in [1.165, 1.54) is 0 Å². The topological polar surface area (TPSA) is 36.4 Å². The minimum Gasteiger partial charge on any atom is -0.354 e. The zero-order valence-corrected chi connectivity index (χ0v) is 12.7. The monoisotopic (exact) mass is 297 g/mol. The van der Waals surface area contributed by atoms with Crippen molar-refractivity contribution < 1.29 is 0 Å². The third-order valence-corrected chi connectivity index (χ3v) is 3.44. The molecule has 0 saturated carbocycles. The highest BCUT2D eigenvalue weighted by Crippen LogP contribution is 2.31. The molecule has 3 aromatic carbocycles. The van der Waals surface area contributed by atoms with Crippen molar-refractivity contribution in [3.05, 3.63) is 72.8 Å². The van der Waals surface area contributed by atoms with Crippen LogP contribution < -0.4 is 16.1 Å². The van der Waals surface area contributed by atoms with Crippen LogP contribution in [0.3, 0.4) is 0 Å². The Morgan fingerprint density at radius 3 is 2.09 bits per heavy atom. The molecule has 110 valence electrons. The molecule has 0 amide bonds. The number of rotatable bonds is 5. The predicted octanol–water partition coefficient (Wildman–Crippen LogP) is 4.30. The zero-order chi connectivity index (χ0) is 16.1. The van der Waals surface area contributed by atoms with Crippen molar-refractivity contribution in [2.45, 2.75) is 0 Å². The number of benzene rings is 3. The molecule has 0 fully saturated rings. The molecule has 0 aliphatic carbocycles. The molecule has 0 aromatic heterocycles. The Labute approximate surface area is 137 Å². The molecule has 0 saturated heterocycles. The van der Waals surface area contributed by atoms with Crippen molar-refractivity contribution in [2.75, 3.05) is 10.6 Å². The third kappa shape index (κ3) is 3.61. The van der Waals surface area contributed by atoms with Gasteiger partial charge in [-0.25, -0.2) is 0 Å². The van der Waals surface area contributed by atoms with Crippen LogP contribution in [0.15, 0.2) is 77.8 Å². The highest BCUT2D eigenvalue weighted by molar-refractivity contribution is 6.32. The molecule has 3 aromatic rings. The summed E-state index contributed by atoms with van der Waals surface area (Å²) >= 11 is 0. The highest BCUT2D eigenvalue weighted by Gasteiger charge is 2.06. The van der Waals surface area contributed by atoms with Crippen molar-refractivity contribution in [1.82, 2.24) is 0 Å². The molecule has 2 N–H and O–H groups in total. The van der Waals surface area contributed by atoms with Crippen LogP contribution >= 0.6 is 0 Å². The molecule has 0 heterocycles. The van der Waals surface area contributed by atoms with E-state index in [9.17, 15) is 0 Å². The second-order valence-electron chi connectivity index (χ2n) is 5.10. The van der Waals surface area contributed by atoms with Crippen LogP contribution in [0.1, 0.15) is 0 Å². The molecule has 0 spiro atoms. The van der Waals surface area contributed by atoms with Gasteiger partial charge in [0, 0.05) is 5.69 Å². The van der Waals surface area contributed by atoms with Crippen LogP contribution in [-0.4, -0.2) is 14.6 Å². The van der Waals surface area contributed by atoms with Crippen LogP contribution in [0.5, 0.6) is 0 Å². The maximum Gasteiger partial charge on any atom is 0.113 e. The summed E-state index contributed by atoms with van der Waals surface area (Å²) in [6, 6.07) is 23.5. The summed E-state index contributed by atoms with van der Waals surface area (Å²) in [5.41, 5.74) is 5.18. The first kappa shape index (κ1) is 14.9. The van der Waals surface area contributed by atoms with E-state index in [4.69, 9.17) is 7.85 Å². The van der Waals surface area contributed by atoms with Gasteiger partial charge in [0.2, 0.25) is 0 Å². The Kier molecular flexibility index (Phi) is 4.43. The molecule has 0 atom stereocenters. The van der Waals surface area contributed by atoms with Crippen molar-refractivity contribution >= 4 is 48.5 Å². The lowest BCUT2D eigenvalue weighted by atomic mass is 9.95. The van der Waals surface area contributed by atoms with Gasteiger partial charge >= 0.3 is 0 Å². The average Bonchev–Trinajstić information content (AvgIpc) is 2.58. The van der Waals surface area contributed by atoms with Crippen LogP contribution in [0.4, 0.5) is 28.4 Å². The van der Waals surface area contributed by atoms with Gasteiger partial charge < -0.3 is 10.6 Å². The molecule has 3 rings (SSSR count). The lowest BCUT2D eigenvalue weighted by Gasteiger charge is -2.15. The van der Waals surface area contributed by atoms with E-state index in [0.29, 0.717) is 5.46 Å². The number of hydrogen-bond acceptors (Lipinski definition) is 3. The number of aliphatic imine (C=N–C) groups is 1. The van der Waals surface area contributed by atoms with Gasteiger partial charge in [-0.3, -0.25) is 4.99 Å². The maximum atomic E-state index is 5.88. The standard InChI is InChI=1S/C19H16BN3/c1-21-16-12-11-14(20)13-19(16)23-18-10-6-5-9-17(18)22-15-7-3-2-4-8-15/h2-13,22-23H,1H2. The summed E-state index contributed by atoms with van der Waals surface area (Å²) in [5.74, 6) is 0. The Morgan fingerprint density at radius 2 is 1.39 bits per heavy atom. The normalized spacial score (nSPS) is 10.1. The molecule has 4 heteroatoms. The molecule has 23 heavy (non-hydrogen) atoms. The molecule has 3 nitrogen and oxygen atoms in total. The predicted molar refractivity (Wildman–Crippen MR) is 100 cm³/mol. The summed E-state index contributed by atoms with van der Waals surface area (Å²) in [6.45, 7) is 3.61. The minimum absolute atomic E-state index is 0.674. The van der Waals surface area contributed by atoms with Crippen LogP contribution in [0.25, 0.3) is 0 Å². The second-order valence-corrected chi connectivity index (χ2v) is 5.10. The first-order valence-corrected chi connectivity index (χ1v) is 7.30. The van der Waals surface area contributed by atoms with Gasteiger partial charge in [0.25, 0.3) is 0 Å². The van der Waals surface area contributed by atoms with Gasteiger partial charge in [-0.05, 0) is 43.1 Å². The number of nitrogens with one attached hydrogen (secondary N) is 2. The molecule has 0 unspecified atom stereocenters. The van der Waals surface area contributed by atoms with Gasteiger partial charge in [0.15, 0.2) is 0 Å². The second kappa shape index (κ2) is 6.84. The fourth-order valence-corrected chi connectivity index (χ4v) is 2.31. The van der Waals surface area contributed by atoms with Crippen LogP contribution in [0.2, 0.25) is 0 Å². The van der Waals surface area contributed by atoms with E-state index >= 15 is 0 Å². The smallest absolute Gasteiger partial charge is 0.113 e. The lowest BCUT2D eigenvalue weighted by Crippen LogP contribution is -2.04. The number of hydrogen-bond donors (Lipinski definition) is 2. The van der Waals surface area contributed by atoms with E-state index in [1.807, 2.05) is 72.8 Å². The fourth-order valence-electron chi connectivity index (χ4n) is 2.31. The summed E-state index contributed by atoms with van der Waals surface area (Å²) in [4.78, 5) is 4.03. The fraction of sp³-hybridized carbons (Fsp3) is 0. The Morgan fingerprint density at radius 1 is 0.739 bits per heavy atom.